The van der Waals surface area contributed by atoms with Crippen molar-refractivity contribution in [1.82, 2.24) is 15.1 Å². The zero-order valence-electron chi connectivity index (χ0n) is 16.6. The van der Waals surface area contributed by atoms with Crippen LogP contribution in [0.4, 0.5) is 22.1 Å². The lowest BCUT2D eigenvalue weighted by Gasteiger charge is -2.35. The summed E-state index contributed by atoms with van der Waals surface area (Å²) in [5.41, 5.74) is 0.753. The summed E-state index contributed by atoms with van der Waals surface area (Å²) in [4.78, 5) is 18.7. The van der Waals surface area contributed by atoms with Gasteiger partial charge in [-0.3, -0.25) is 0 Å². The van der Waals surface area contributed by atoms with Crippen LogP contribution < -0.4 is 19.9 Å². The molecule has 154 valence electrons. The highest BCUT2D eigenvalue weighted by atomic mass is 16.5. The Hall–Kier alpha value is -3.07. The molecule has 1 N–H and O–H groups in total. The monoisotopic (exact) mass is 398 g/mol. The van der Waals surface area contributed by atoms with Crippen molar-refractivity contribution < 1.29 is 14.3 Å². The standard InChI is InChI=1S/C20H26N6O3/c1-28-17-4-2-16(3-5-17)21-20(27)26-10-8-24(9-11-26)18-6-7-19(23-22-18)25-12-14-29-15-13-25/h2-7H,8-15H2,1H3,(H,21,27). The van der Waals surface area contributed by atoms with Gasteiger partial charge in [-0.2, -0.15) is 0 Å². The van der Waals surface area contributed by atoms with Crippen LogP contribution in [-0.4, -0.2) is 80.7 Å². The van der Waals surface area contributed by atoms with Crippen molar-refractivity contribution in [3.05, 3.63) is 36.4 Å². The highest BCUT2D eigenvalue weighted by Crippen LogP contribution is 2.19. The fraction of sp³-hybridized carbons (Fsp3) is 0.450. The molecule has 0 spiro atoms. The van der Waals surface area contributed by atoms with E-state index in [1.165, 1.54) is 0 Å². The quantitative estimate of drug-likeness (QED) is 0.839. The van der Waals surface area contributed by atoms with Crippen LogP contribution in [-0.2, 0) is 4.74 Å². The molecule has 2 saturated heterocycles. The number of carbonyl (C=O) groups is 1. The van der Waals surface area contributed by atoms with E-state index in [9.17, 15) is 4.79 Å². The second-order valence-electron chi connectivity index (χ2n) is 6.98. The molecule has 9 heteroatoms. The van der Waals surface area contributed by atoms with Crippen molar-refractivity contribution in [2.24, 2.45) is 0 Å². The number of hydrogen-bond acceptors (Lipinski definition) is 7. The fourth-order valence-corrected chi connectivity index (χ4v) is 3.46. The number of aromatic nitrogens is 2. The van der Waals surface area contributed by atoms with Crippen LogP contribution >= 0.6 is 0 Å². The zero-order valence-corrected chi connectivity index (χ0v) is 16.6. The lowest BCUT2D eigenvalue weighted by atomic mass is 10.3. The summed E-state index contributed by atoms with van der Waals surface area (Å²) in [5.74, 6) is 2.49. The van der Waals surface area contributed by atoms with E-state index in [4.69, 9.17) is 9.47 Å². The lowest BCUT2D eigenvalue weighted by molar-refractivity contribution is 0.122. The zero-order chi connectivity index (χ0) is 20.1. The van der Waals surface area contributed by atoms with Gasteiger partial charge >= 0.3 is 6.03 Å². The maximum absolute atomic E-state index is 12.5. The third kappa shape index (κ3) is 4.68. The number of nitrogens with one attached hydrogen (secondary N) is 1. The van der Waals surface area contributed by atoms with Crippen LogP contribution in [0.1, 0.15) is 0 Å². The van der Waals surface area contributed by atoms with Gasteiger partial charge in [-0.25, -0.2) is 4.79 Å². The topological polar surface area (TPSA) is 83.1 Å². The normalized spacial score (nSPS) is 17.2. The number of methoxy groups -OCH3 is 1. The molecule has 1 aromatic heterocycles. The van der Waals surface area contributed by atoms with E-state index < -0.39 is 0 Å². The Morgan fingerprint density at radius 1 is 0.897 bits per heavy atom. The summed E-state index contributed by atoms with van der Waals surface area (Å²) in [6.07, 6.45) is 0. The number of ether oxygens (including phenoxy) is 2. The molecule has 29 heavy (non-hydrogen) atoms. The second kappa shape index (κ2) is 8.95. The molecule has 0 aliphatic carbocycles. The van der Waals surface area contributed by atoms with Gasteiger partial charge in [-0.05, 0) is 36.4 Å². The minimum Gasteiger partial charge on any atom is -0.497 e. The van der Waals surface area contributed by atoms with Crippen LogP contribution in [0.5, 0.6) is 5.75 Å². The van der Waals surface area contributed by atoms with Gasteiger partial charge in [0.15, 0.2) is 11.6 Å². The summed E-state index contributed by atoms with van der Waals surface area (Å²) in [6, 6.07) is 11.2. The molecule has 0 atom stereocenters. The minimum atomic E-state index is -0.0939. The highest BCUT2D eigenvalue weighted by molar-refractivity contribution is 5.89. The van der Waals surface area contributed by atoms with Crippen LogP contribution in [0, 0.1) is 0 Å². The van der Waals surface area contributed by atoms with Gasteiger partial charge < -0.3 is 29.5 Å². The van der Waals surface area contributed by atoms with Crippen LogP contribution in [0.15, 0.2) is 36.4 Å². The maximum atomic E-state index is 12.5. The van der Waals surface area contributed by atoms with Crippen molar-refractivity contribution >= 4 is 23.4 Å². The summed E-state index contributed by atoms with van der Waals surface area (Å²) >= 11 is 0. The maximum Gasteiger partial charge on any atom is 0.321 e. The SMILES string of the molecule is COc1ccc(NC(=O)N2CCN(c3ccc(N4CCOCC4)nn3)CC2)cc1. The molecule has 0 saturated carbocycles. The first-order valence-corrected chi connectivity index (χ1v) is 9.84. The molecule has 2 fully saturated rings. The number of urea groups is 1. The van der Waals surface area contributed by atoms with Gasteiger partial charge in [0.25, 0.3) is 0 Å². The first-order chi connectivity index (χ1) is 14.2. The predicted molar refractivity (Wildman–Crippen MR) is 111 cm³/mol. The number of morpholine rings is 1. The molecular formula is C20H26N6O3. The average molecular weight is 398 g/mol. The Labute approximate surface area is 170 Å². The number of rotatable bonds is 4. The predicted octanol–water partition coefficient (Wildman–Crippen LogP) is 1.68. The van der Waals surface area contributed by atoms with Gasteiger partial charge in [-0.1, -0.05) is 0 Å². The van der Waals surface area contributed by atoms with Crippen molar-refractivity contribution in [3.63, 3.8) is 0 Å². The van der Waals surface area contributed by atoms with Crippen LogP contribution in [0.2, 0.25) is 0 Å². The van der Waals surface area contributed by atoms with Crippen molar-refractivity contribution in [2.75, 3.05) is 74.7 Å². The van der Waals surface area contributed by atoms with E-state index >= 15 is 0 Å². The van der Waals surface area contributed by atoms with Crippen LogP contribution in [0.3, 0.4) is 0 Å². The molecule has 2 aromatic rings. The first-order valence-electron chi connectivity index (χ1n) is 9.84. The van der Waals surface area contributed by atoms with E-state index in [1.54, 1.807) is 7.11 Å². The van der Waals surface area contributed by atoms with E-state index in [-0.39, 0.29) is 6.03 Å². The summed E-state index contributed by atoms with van der Waals surface area (Å²) < 4.78 is 10.5. The molecule has 1 aromatic carbocycles. The summed E-state index contributed by atoms with van der Waals surface area (Å²) in [5, 5.41) is 11.7. The van der Waals surface area contributed by atoms with Crippen molar-refractivity contribution in [1.29, 1.82) is 0 Å². The van der Waals surface area contributed by atoms with Gasteiger partial charge in [-0.15, -0.1) is 10.2 Å². The summed E-state index contributed by atoms with van der Waals surface area (Å²) in [6.45, 7) is 5.85. The number of anilines is 3. The Morgan fingerprint density at radius 2 is 1.48 bits per heavy atom. The number of amides is 2. The van der Waals surface area contributed by atoms with Gasteiger partial charge in [0.1, 0.15) is 5.75 Å². The Bertz CT molecular complexity index is 800. The Balaban J connectivity index is 1.28. The molecule has 2 amide bonds. The van der Waals surface area contributed by atoms with E-state index in [2.05, 4.69) is 25.3 Å². The number of carbonyl (C=O) groups excluding carboxylic acids is 1. The van der Waals surface area contributed by atoms with Gasteiger partial charge in [0.2, 0.25) is 0 Å². The number of piperazine rings is 1. The van der Waals surface area contributed by atoms with Crippen LogP contribution in [0.25, 0.3) is 0 Å². The Morgan fingerprint density at radius 3 is 2.03 bits per heavy atom. The minimum absolute atomic E-state index is 0.0939. The molecule has 9 nitrogen and oxygen atoms in total. The largest absolute Gasteiger partial charge is 0.497 e. The van der Waals surface area contributed by atoms with Gasteiger partial charge in [0.05, 0.1) is 20.3 Å². The van der Waals surface area contributed by atoms with E-state index in [1.807, 2.05) is 41.3 Å². The average Bonchev–Trinajstić information content (AvgIpc) is 2.80. The van der Waals surface area contributed by atoms with E-state index in [0.29, 0.717) is 13.1 Å². The smallest absolute Gasteiger partial charge is 0.321 e. The molecule has 2 aliphatic heterocycles. The fourth-order valence-electron chi connectivity index (χ4n) is 3.46. The third-order valence-electron chi connectivity index (χ3n) is 5.20. The second-order valence-corrected chi connectivity index (χ2v) is 6.98. The van der Waals surface area contributed by atoms with Crippen molar-refractivity contribution in [2.45, 2.75) is 0 Å². The Kier molecular flexibility index (Phi) is 5.95. The molecule has 0 bridgehead atoms. The number of benzene rings is 1. The first kappa shape index (κ1) is 19.3. The summed E-state index contributed by atoms with van der Waals surface area (Å²) in [7, 11) is 1.62. The molecule has 3 heterocycles. The number of hydrogen-bond donors (Lipinski definition) is 1. The number of nitrogens with zero attached hydrogens (tertiary/aromatic N) is 5. The molecule has 4 rings (SSSR count). The molecule has 0 unspecified atom stereocenters. The molecular weight excluding hydrogens is 372 g/mol. The van der Waals surface area contributed by atoms with E-state index in [0.717, 1.165) is 62.5 Å². The van der Waals surface area contributed by atoms with Crippen molar-refractivity contribution in [3.8, 4) is 5.75 Å². The van der Waals surface area contributed by atoms with Gasteiger partial charge in [0, 0.05) is 45.0 Å². The molecule has 2 aliphatic rings. The highest BCUT2D eigenvalue weighted by Gasteiger charge is 2.22. The third-order valence-corrected chi connectivity index (χ3v) is 5.20. The lowest BCUT2D eigenvalue weighted by Crippen LogP contribution is -2.50. The molecule has 0 radical (unpaired) electrons.